The van der Waals surface area contributed by atoms with Crippen molar-refractivity contribution in [2.24, 2.45) is 0 Å². The molecule has 1 heterocycles. The fourth-order valence-electron chi connectivity index (χ4n) is 2.54. The van der Waals surface area contributed by atoms with Gasteiger partial charge in [0, 0.05) is 24.8 Å². The Morgan fingerprint density at radius 1 is 1.40 bits per heavy atom. The molecule has 2 rings (SSSR count). The predicted molar refractivity (Wildman–Crippen MR) is 83.1 cm³/mol. The van der Waals surface area contributed by atoms with E-state index in [0.717, 1.165) is 37.3 Å². The molecule has 0 aliphatic carbocycles. The zero-order chi connectivity index (χ0) is 14.5. The molecule has 1 fully saturated rings. The smallest absolute Gasteiger partial charge is 0.238 e. The van der Waals surface area contributed by atoms with E-state index in [0.29, 0.717) is 12.6 Å². The monoisotopic (exact) mass is 275 g/mol. The van der Waals surface area contributed by atoms with Crippen LogP contribution < -0.4 is 10.6 Å². The molecule has 1 aromatic carbocycles. The van der Waals surface area contributed by atoms with Crippen molar-refractivity contribution in [1.82, 2.24) is 10.2 Å². The lowest BCUT2D eigenvalue weighted by Crippen LogP contribution is -2.58. The molecule has 4 nitrogen and oxygen atoms in total. The molecule has 0 spiro atoms. The number of carbonyl (C=O) groups excluding carboxylic acids is 1. The molecule has 0 unspecified atom stereocenters. The number of hydrogen-bond donors (Lipinski definition) is 2. The lowest BCUT2D eigenvalue weighted by Gasteiger charge is -2.37. The number of rotatable bonds is 6. The molecule has 1 aliphatic heterocycles. The van der Waals surface area contributed by atoms with Crippen molar-refractivity contribution < 1.29 is 4.79 Å². The van der Waals surface area contributed by atoms with E-state index in [9.17, 15) is 4.79 Å². The molecule has 0 bridgehead atoms. The normalized spacial score (nSPS) is 15.2. The van der Waals surface area contributed by atoms with E-state index in [4.69, 9.17) is 0 Å². The van der Waals surface area contributed by atoms with Crippen LogP contribution in [0.1, 0.15) is 24.5 Å². The Kier molecular flexibility index (Phi) is 5.15. The minimum absolute atomic E-state index is 0.0808. The summed E-state index contributed by atoms with van der Waals surface area (Å²) in [4.78, 5) is 14.5. The highest BCUT2D eigenvalue weighted by Crippen LogP contribution is 2.16. The number of benzene rings is 1. The summed E-state index contributed by atoms with van der Waals surface area (Å²) in [5.74, 6) is 0.0808. The van der Waals surface area contributed by atoms with Crippen LogP contribution in [0, 0.1) is 13.8 Å². The molecule has 110 valence electrons. The van der Waals surface area contributed by atoms with Gasteiger partial charge in [0.05, 0.1) is 6.54 Å². The third-order valence-electron chi connectivity index (χ3n) is 3.79. The van der Waals surface area contributed by atoms with Gasteiger partial charge in [0.2, 0.25) is 5.91 Å². The highest BCUT2D eigenvalue weighted by molar-refractivity contribution is 5.93. The largest absolute Gasteiger partial charge is 0.325 e. The highest BCUT2D eigenvalue weighted by Gasteiger charge is 2.25. The molecule has 1 aromatic rings. The van der Waals surface area contributed by atoms with Crippen LogP contribution in [0.2, 0.25) is 0 Å². The Balaban J connectivity index is 1.93. The van der Waals surface area contributed by atoms with Gasteiger partial charge in [-0.1, -0.05) is 24.6 Å². The second-order valence-electron chi connectivity index (χ2n) is 5.65. The minimum Gasteiger partial charge on any atom is -0.325 e. The third-order valence-corrected chi connectivity index (χ3v) is 3.79. The van der Waals surface area contributed by atoms with Gasteiger partial charge in [-0.3, -0.25) is 9.69 Å². The molecule has 0 atom stereocenters. The average Bonchev–Trinajstić information content (AvgIpc) is 2.31. The van der Waals surface area contributed by atoms with Crippen molar-refractivity contribution in [3.8, 4) is 0 Å². The Morgan fingerprint density at radius 3 is 2.70 bits per heavy atom. The number of hydrogen-bond acceptors (Lipinski definition) is 3. The van der Waals surface area contributed by atoms with Crippen molar-refractivity contribution in [2.75, 3.05) is 31.5 Å². The van der Waals surface area contributed by atoms with Gasteiger partial charge in [-0.25, -0.2) is 0 Å². The van der Waals surface area contributed by atoms with Crippen molar-refractivity contribution in [3.05, 3.63) is 29.3 Å². The summed E-state index contributed by atoms with van der Waals surface area (Å²) >= 11 is 0. The van der Waals surface area contributed by atoms with Crippen molar-refractivity contribution >= 4 is 11.6 Å². The van der Waals surface area contributed by atoms with Crippen molar-refractivity contribution in [2.45, 2.75) is 33.2 Å². The maximum absolute atomic E-state index is 12.2. The second kappa shape index (κ2) is 6.86. The van der Waals surface area contributed by atoms with Gasteiger partial charge in [-0.2, -0.15) is 0 Å². The average molecular weight is 275 g/mol. The first kappa shape index (κ1) is 15.0. The van der Waals surface area contributed by atoms with Gasteiger partial charge in [0.1, 0.15) is 0 Å². The van der Waals surface area contributed by atoms with Gasteiger partial charge in [-0.05, 0) is 38.4 Å². The molecule has 0 saturated carbocycles. The number of amides is 1. The number of anilines is 1. The maximum atomic E-state index is 12.2. The van der Waals surface area contributed by atoms with E-state index in [1.54, 1.807) is 0 Å². The van der Waals surface area contributed by atoms with Gasteiger partial charge in [-0.15, -0.1) is 0 Å². The first-order valence-electron chi connectivity index (χ1n) is 7.42. The molecule has 1 aliphatic rings. The highest BCUT2D eigenvalue weighted by atomic mass is 16.2. The molecule has 0 radical (unpaired) electrons. The Labute approximate surface area is 121 Å². The fourth-order valence-corrected chi connectivity index (χ4v) is 2.54. The SMILES string of the molecule is CCCN(CC(=O)Nc1ccc(C)cc1C)C1CNC1. The fraction of sp³-hybridized carbons (Fsp3) is 0.562. The van der Waals surface area contributed by atoms with Crippen LogP contribution in [0.4, 0.5) is 5.69 Å². The number of aryl methyl sites for hydroxylation is 2. The van der Waals surface area contributed by atoms with Crippen molar-refractivity contribution in [1.29, 1.82) is 0 Å². The zero-order valence-electron chi connectivity index (χ0n) is 12.7. The Morgan fingerprint density at radius 2 is 2.15 bits per heavy atom. The van der Waals surface area contributed by atoms with Crippen LogP contribution in [0.15, 0.2) is 18.2 Å². The van der Waals surface area contributed by atoms with Gasteiger partial charge in [0.25, 0.3) is 0 Å². The summed E-state index contributed by atoms with van der Waals surface area (Å²) in [7, 11) is 0. The van der Waals surface area contributed by atoms with Crippen LogP contribution in [-0.2, 0) is 4.79 Å². The molecule has 1 saturated heterocycles. The summed E-state index contributed by atoms with van der Waals surface area (Å²) in [5, 5.41) is 6.29. The molecule has 1 amide bonds. The molecule has 2 N–H and O–H groups in total. The van der Waals surface area contributed by atoms with E-state index in [1.165, 1.54) is 5.56 Å². The Bertz CT molecular complexity index is 469. The standard InChI is InChI=1S/C16H25N3O/c1-4-7-19(14-9-17-10-14)11-16(20)18-15-6-5-12(2)8-13(15)3/h5-6,8,14,17H,4,7,9-11H2,1-3H3,(H,18,20). The van der Waals surface area contributed by atoms with Gasteiger partial charge in [0.15, 0.2) is 0 Å². The summed E-state index contributed by atoms with van der Waals surface area (Å²) < 4.78 is 0. The van der Waals surface area contributed by atoms with E-state index in [-0.39, 0.29) is 5.91 Å². The van der Waals surface area contributed by atoms with Crippen LogP contribution in [-0.4, -0.2) is 43.0 Å². The van der Waals surface area contributed by atoms with E-state index in [1.807, 2.05) is 19.1 Å². The Hall–Kier alpha value is -1.39. The van der Waals surface area contributed by atoms with E-state index < -0.39 is 0 Å². The summed E-state index contributed by atoms with van der Waals surface area (Å²) in [6.45, 7) is 9.70. The number of nitrogens with one attached hydrogen (secondary N) is 2. The minimum atomic E-state index is 0.0808. The summed E-state index contributed by atoms with van der Waals surface area (Å²) in [6.07, 6.45) is 1.08. The van der Waals surface area contributed by atoms with E-state index in [2.05, 4.69) is 35.4 Å². The number of carbonyl (C=O) groups is 1. The molecule has 0 aromatic heterocycles. The van der Waals surface area contributed by atoms with Crippen LogP contribution in [0.5, 0.6) is 0 Å². The molecular formula is C16H25N3O. The quantitative estimate of drug-likeness (QED) is 0.834. The second-order valence-corrected chi connectivity index (χ2v) is 5.65. The summed E-state index contributed by atoms with van der Waals surface area (Å²) in [6, 6.07) is 6.62. The lowest BCUT2D eigenvalue weighted by atomic mass is 10.1. The van der Waals surface area contributed by atoms with Crippen LogP contribution in [0.3, 0.4) is 0 Å². The van der Waals surface area contributed by atoms with Gasteiger partial charge >= 0.3 is 0 Å². The van der Waals surface area contributed by atoms with Crippen LogP contribution >= 0.6 is 0 Å². The maximum Gasteiger partial charge on any atom is 0.238 e. The molecular weight excluding hydrogens is 250 g/mol. The van der Waals surface area contributed by atoms with Crippen molar-refractivity contribution in [3.63, 3.8) is 0 Å². The zero-order valence-corrected chi connectivity index (χ0v) is 12.7. The van der Waals surface area contributed by atoms with Gasteiger partial charge < -0.3 is 10.6 Å². The lowest BCUT2D eigenvalue weighted by molar-refractivity contribution is -0.118. The topological polar surface area (TPSA) is 44.4 Å². The first-order chi connectivity index (χ1) is 9.60. The predicted octanol–water partition coefficient (Wildman–Crippen LogP) is 1.93. The third kappa shape index (κ3) is 3.81. The van der Waals surface area contributed by atoms with E-state index >= 15 is 0 Å². The number of nitrogens with zero attached hydrogens (tertiary/aromatic N) is 1. The summed E-state index contributed by atoms with van der Waals surface area (Å²) in [5.41, 5.74) is 3.25. The molecule has 4 heteroatoms. The molecule has 20 heavy (non-hydrogen) atoms. The van der Waals surface area contributed by atoms with Crippen LogP contribution in [0.25, 0.3) is 0 Å². The first-order valence-corrected chi connectivity index (χ1v) is 7.42.